The predicted octanol–water partition coefficient (Wildman–Crippen LogP) is 0.317. The van der Waals surface area contributed by atoms with Gasteiger partial charge in [-0.05, 0) is 17.7 Å². The van der Waals surface area contributed by atoms with Gasteiger partial charge >= 0.3 is 0 Å². The van der Waals surface area contributed by atoms with Crippen LogP contribution in [0.25, 0.3) is 0 Å². The molecule has 0 fully saturated rings. The molecule has 1 amide bonds. The summed E-state index contributed by atoms with van der Waals surface area (Å²) >= 11 is 0. The van der Waals surface area contributed by atoms with Crippen LogP contribution in [0.15, 0.2) is 24.3 Å². The Balaban J connectivity index is 2.69. The first-order valence-corrected chi connectivity index (χ1v) is 3.49. The minimum atomic E-state index is -0.444. The minimum absolute atomic E-state index is 0.140. The molecule has 0 heterocycles. The Kier molecular flexibility index (Phi) is 2.66. The van der Waals surface area contributed by atoms with E-state index in [1.54, 1.807) is 29.7 Å². The monoisotopic (exact) mass is 166 g/mol. The van der Waals surface area contributed by atoms with Crippen molar-refractivity contribution < 1.29 is 10.0 Å². The van der Waals surface area contributed by atoms with E-state index in [0.29, 0.717) is 5.69 Å². The lowest BCUT2D eigenvalue weighted by Crippen LogP contribution is -2.20. The summed E-state index contributed by atoms with van der Waals surface area (Å²) in [7, 11) is 0. The molecular formula is C8H10N2O2. The molecule has 12 heavy (non-hydrogen) atoms. The van der Waals surface area contributed by atoms with Crippen LogP contribution in [0.2, 0.25) is 0 Å². The maximum atomic E-state index is 10.7. The number of amides is 1. The number of anilines is 1. The number of hydrogen-bond donors (Lipinski definition) is 3. The first kappa shape index (κ1) is 8.55. The number of hydrogen-bond acceptors (Lipinski definition) is 3. The van der Waals surface area contributed by atoms with Crippen LogP contribution in [0.1, 0.15) is 5.56 Å². The van der Waals surface area contributed by atoms with E-state index in [1.165, 1.54) is 0 Å². The Hall–Kier alpha value is -1.55. The molecule has 0 aromatic heterocycles. The summed E-state index contributed by atoms with van der Waals surface area (Å²) in [5, 5.41) is 8.23. The van der Waals surface area contributed by atoms with Crippen molar-refractivity contribution in [2.45, 2.75) is 6.42 Å². The molecular weight excluding hydrogens is 156 g/mol. The summed E-state index contributed by atoms with van der Waals surface area (Å²) in [6.45, 7) is 0. The smallest absolute Gasteiger partial charge is 0.247 e. The van der Waals surface area contributed by atoms with Crippen molar-refractivity contribution in [1.29, 1.82) is 0 Å². The fraction of sp³-hybridized carbons (Fsp3) is 0.125. The van der Waals surface area contributed by atoms with Crippen molar-refractivity contribution in [3.63, 3.8) is 0 Å². The highest BCUT2D eigenvalue weighted by Gasteiger charge is 2.00. The van der Waals surface area contributed by atoms with Crippen molar-refractivity contribution in [3.05, 3.63) is 29.8 Å². The van der Waals surface area contributed by atoms with Gasteiger partial charge in [0.2, 0.25) is 5.91 Å². The lowest BCUT2D eigenvalue weighted by molar-refractivity contribution is -0.128. The lowest BCUT2D eigenvalue weighted by atomic mass is 10.1. The molecule has 1 aromatic carbocycles. The van der Waals surface area contributed by atoms with Gasteiger partial charge in [-0.1, -0.05) is 12.1 Å². The van der Waals surface area contributed by atoms with Gasteiger partial charge in [0.05, 0.1) is 6.42 Å². The first-order chi connectivity index (χ1) is 5.72. The average molecular weight is 166 g/mol. The van der Waals surface area contributed by atoms with Crippen molar-refractivity contribution in [2.75, 3.05) is 5.73 Å². The molecule has 0 unspecified atom stereocenters. The highest BCUT2D eigenvalue weighted by Crippen LogP contribution is 2.06. The SMILES string of the molecule is Nc1cccc(CC(=O)NO)c1. The van der Waals surface area contributed by atoms with E-state index >= 15 is 0 Å². The van der Waals surface area contributed by atoms with Crippen molar-refractivity contribution in [1.82, 2.24) is 5.48 Å². The number of nitrogens with one attached hydrogen (secondary N) is 1. The van der Waals surface area contributed by atoms with Crippen LogP contribution in [-0.4, -0.2) is 11.1 Å². The molecule has 0 atom stereocenters. The average Bonchev–Trinajstić information content (AvgIpc) is 2.04. The van der Waals surface area contributed by atoms with Gasteiger partial charge in [-0.15, -0.1) is 0 Å². The lowest BCUT2D eigenvalue weighted by Gasteiger charge is -1.99. The maximum absolute atomic E-state index is 10.7. The molecule has 1 aromatic rings. The standard InChI is InChI=1S/C8H10N2O2/c9-7-3-1-2-6(4-7)5-8(11)10-12/h1-4,12H,5,9H2,(H,10,11). The number of hydroxylamine groups is 1. The van der Waals surface area contributed by atoms with E-state index in [2.05, 4.69) is 0 Å². The molecule has 0 radical (unpaired) electrons. The summed E-state index contributed by atoms with van der Waals surface area (Å²) in [6, 6.07) is 6.95. The van der Waals surface area contributed by atoms with Gasteiger partial charge in [-0.25, -0.2) is 5.48 Å². The van der Waals surface area contributed by atoms with Crippen molar-refractivity contribution in [2.24, 2.45) is 0 Å². The van der Waals surface area contributed by atoms with E-state index in [-0.39, 0.29) is 6.42 Å². The Morgan fingerprint density at radius 3 is 2.92 bits per heavy atom. The number of carbonyl (C=O) groups excluding carboxylic acids is 1. The van der Waals surface area contributed by atoms with Crippen LogP contribution >= 0.6 is 0 Å². The number of benzene rings is 1. The number of nitrogens with two attached hydrogens (primary N) is 1. The molecule has 0 saturated carbocycles. The van der Waals surface area contributed by atoms with Gasteiger partial charge in [0.15, 0.2) is 0 Å². The van der Waals surface area contributed by atoms with E-state index in [0.717, 1.165) is 5.56 Å². The summed E-state index contributed by atoms with van der Waals surface area (Å²) in [5.41, 5.74) is 8.42. The Morgan fingerprint density at radius 1 is 1.58 bits per heavy atom. The molecule has 0 bridgehead atoms. The zero-order valence-electron chi connectivity index (χ0n) is 6.45. The van der Waals surface area contributed by atoms with Crippen LogP contribution in [0.3, 0.4) is 0 Å². The first-order valence-electron chi connectivity index (χ1n) is 3.49. The van der Waals surface area contributed by atoms with Crippen LogP contribution in [0, 0.1) is 0 Å². The normalized spacial score (nSPS) is 9.42. The molecule has 4 nitrogen and oxygen atoms in total. The van der Waals surface area contributed by atoms with Gasteiger partial charge in [-0.2, -0.15) is 0 Å². The van der Waals surface area contributed by atoms with Crippen LogP contribution in [0.5, 0.6) is 0 Å². The fourth-order valence-corrected chi connectivity index (χ4v) is 0.928. The maximum Gasteiger partial charge on any atom is 0.247 e. The van der Waals surface area contributed by atoms with Gasteiger partial charge in [0.1, 0.15) is 0 Å². The number of carbonyl (C=O) groups is 1. The Morgan fingerprint density at radius 2 is 2.33 bits per heavy atom. The quantitative estimate of drug-likeness (QED) is 0.336. The number of rotatable bonds is 2. The van der Waals surface area contributed by atoms with E-state index in [1.807, 2.05) is 0 Å². The van der Waals surface area contributed by atoms with Gasteiger partial charge in [-0.3, -0.25) is 10.0 Å². The second-order valence-electron chi connectivity index (χ2n) is 2.46. The molecule has 0 saturated heterocycles. The third-order valence-electron chi connectivity index (χ3n) is 1.44. The second-order valence-corrected chi connectivity index (χ2v) is 2.46. The molecule has 0 aliphatic heterocycles. The van der Waals surface area contributed by atoms with Gasteiger partial charge < -0.3 is 5.73 Å². The highest BCUT2D eigenvalue weighted by molar-refractivity contribution is 5.77. The van der Waals surface area contributed by atoms with E-state index in [9.17, 15) is 4.79 Å². The summed E-state index contributed by atoms with van der Waals surface area (Å²) < 4.78 is 0. The molecule has 0 aliphatic rings. The summed E-state index contributed by atoms with van der Waals surface area (Å²) in [6.07, 6.45) is 0.140. The van der Waals surface area contributed by atoms with Crippen molar-refractivity contribution in [3.8, 4) is 0 Å². The van der Waals surface area contributed by atoms with Gasteiger partial charge in [0, 0.05) is 5.69 Å². The van der Waals surface area contributed by atoms with Crippen LogP contribution < -0.4 is 11.2 Å². The highest BCUT2D eigenvalue weighted by atomic mass is 16.5. The fourth-order valence-electron chi connectivity index (χ4n) is 0.928. The second kappa shape index (κ2) is 3.73. The largest absolute Gasteiger partial charge is 0.399 e. The summed E-state index contributed by atoms with van der Waals surface area (Å²) in [4.78, 5) is 10.7. The molecule has 4 heteroatoms. The van der Waals surface area contributed by atoms with E-state index < -0.39 is 5.91 Å². The minimum Gasteiger partial charge on any atom is -0.399 e. The van der Waals surface area contributed by atoms with Crippen molar-refractivity contribution >= 4 is 11.6 Å². The van der Waals surface area contributed by atoms with Crippen LogP contribution in [-0.2, 0) is 11.2 Å². The Bertz CT molecular complexity index is 286. The van der Waals surface area contributed by atoms with Gasteiger partial charge in [0.25, 0.3) is 0 Å². The van der Waals surface area contributed by atoms with Crippen LogP contribution in [0.4, 0.5) is 5.69 Å². The topological polar surface area (TPSA) is 75.4 Å². The van der Waals surface area contributed by atoms with E-state index in [4.69, 9.17) is 10.9 Å². The zero-order valence-corrected chi connectivity index (χ0v) is 6.45. The predicted molar refractivity (Wildman–Crippen MR) is 44.5 cm³/mol. The molecule has 4 N–H and O–H groups in total. The third kappa shape index (κ3) is 2.25. The number of nitrogen functional groups attached to an aromatic ring is 1. The zero-order chi connectivity index (χ0) is 8.97. The molecule has 0 aliphatic carbocycles. The molecule has 64 valence electrons. The third-order valence-corrected chi connectivity index (χ3v) is 1.44. The molecule has 0 spiro atoms. The Labute approximate surface area is 70.0 Å². The molecule has 1 rings (SSSR count). The summed E-state index contributed by atoms with van der Waals surface area (Å²) in [5.74, 6) is -0.444.